The standard InChI is InChI=1S/C17H19F2NO3/c18-13-2-1-3-14(19)16(13)15-5-4-12(23-15)10-20-11-17(21)6-8-22-9-7-17/h1-5,20-21H,6-11H2. The average Bonchev–Trinajstić information content (AvgIpc) is 2.96. The van der Waals surface area contributed by atoms with E-state index in [2.05, 4.69) is 5.32 Å². The van der Waals surface area contributed by atoms with Gasteiger partial charge in [-0.1, -0.05) is 6.07 Å². The number of halogens is 2. The van der Waals surface area contributed by atoms with E-state index in [4.69, 9.17) is 9.15 Å². The topological polar surface area (TPSA) is 54.6 Å². The van der Waals surface area contributed by atoms with Crippen molar-refractivity contribution in [3.8, 4) is 11.3 Å². The Morgan fingerprint density at radius 3 is 2.48 bits per heavy atom. The maximum absolute atomic E-state index is 13.7. The van der Waals surface area contributed by atoms with Gasteiger partial charge in [-0.05, 0) is 24.3 Å². The van der Waals surface area contributed by atoms with Gasteiger partial charge in [0.05, 0.1) is 17.7 Å². The fourth-order valence-corrected chi connectivity index (χ4v) is 2.69. The molecular weight excluding hydrogens is 304 g/mol. The molecule has 4 nitrogen and oxygen atoms in total. The highest BCUT2D eigenvalue weighted by atomic mass is 19.1. The van der Waals surface area contributed by atoms with Crippen LogP contribution in [0, 0.1) is 11.6 Å². The van der Waals surface area contributed by atoms with E-state index in [-0.39, 0.29) is 11.3 Å². The van der Waals surface area contributed by atoms with E-state index in [1.165, 1.54) is 18.2 Å². The summed E-state index contributed by atoms with van der Waals surface area (Å²) in [5, 5.41) is 13.5. The van der Waals surface area contributed by atoms with Crippen molar-refractivity contribution >= 4 is 0 Å². The molecule has 6 heteroatoms. The molecule has 1 fully saturated rings. The smallest absolute Gasteiger partial charge is 0.140 e. The van der Waals surface area contributed by atoms with Gasteiger partial charge in [-0.2, -0.15) is 0 Å². The van der Waals surface area contributed by atoms with Crippen LogP contribution < -0.4 is 5.32 Å². The molecule has 0 spiro atoms. The van der Waals surface area contributed by atoms with E-state index < -0.39 is 17.2 Å². The van der Waals surface area contributed by atoms with Crippen LogP contribution in [-0.4, -0.2) is 30.5 Å². The Labute approximate surface area is 133 Å². The predicted molar refractivity (Wildman–Crippen MR) is 80.8 cm³/mol. The molecule has 1 aliphatic heterocycles. The van der Waals surface area contributed by atoms with Gasteiger partial charge < -0.3 is 19.6 Å². The van der Waals surface area contributed by atoms with Crippen molar-refractivity contribution in [2.24, 2.45) is 0 Å². The molecule has 1 saturated heterocycles. The summed E-state index contributed by atoms with van der Waals surface area (Å²) in [7, 11) is 0. The fraction of sp³-hybridized carbons (Fsp3) is 0.412. The first-order valence-electron chi connectivity index (χ1n) is 7.61. The van der Waals surface area contributed by atoms with Crippen LogP contribution in [0.4, 0.5) is 8.78 Å². The summed E-state index contributed by atoms with van der Waals surface area (Å²) >= 11 is 0. The molecule has 0 radical (unpaired) electrons. The van der Waals surface area contributed by atoms with Gasteiger partial charge in [0.15, 0.2) is 0 Å². The molecule has 0 saturated carbocycles. The number of aliphatic hydroxyl groups is 1. The minimum atomic E-state index is -0.773. The molecular formula is C17H19F2NO3. The second-order valence-electron chi connectivity index (χ2n) is 5.80. The largest absolute Gasteiger partial charge is 0.460 e. The average molecular weight is 323 g/mol. The Kier molecular flexibility index (Phi) is 4.75. The maximum atomic E-state index is 13.7. The molecule has 1 aromatic carbocycles. The van der Waals surface area contributed by atoms with Gasteiger partial charge in [0.1, 0.15) is 23.2 Å². The van der Waals surface area contributed by atoms with Crippen molar-refractivity contribution in [2.75, 3.05) is 19.8 Å². The van der Waals surface area contributed by atoms with Crippen molar-refractivity contribution in [1.29, 1.82) is 0 Å². The first-order valence-corrected chi connectivity index (χ1v) is 7.61. The second-order valence-corrected chi connectivity index (χ2v) is 5.80. The molecule has 0 aliphatic carbocycles. The molecule has 0 amide bonds. The first-order chi connectivity index (χ1) is 11.1. The third kappa shape index (κ3) is 3.77. The zero-order chi connectivity index (χ0) is 16.3. The Hall–Kier alpha value is -1.76. The Morgan fingerprint density at radius 2 is 1.78 bits per heavy atom. The molecule has 2 aromatic rings. The maximum Gasteiger partial charge on any atom is 0.140 e. The highest BCUT2D eigenvalue weighted by molar-refractivity contribution is 5.59. The van der Waals surface area contributed by atoms with Crippen LogP contribution in [0.15, 0.2) is 34.7 Å². The van der Waals surface area contributed by atoms with Gasteiger partial charge in [0.25, 0.3) is 0 Å². The van der Waals surface area contributed by atoms with Crippen molar-refractivity contribution in [1.82, 2.24) is 5.32 Å². The number of ether oxygens (including phenoxy) is 1. The Bertz CT molecular complexity index is 645. The lowest BCUT2D eigenvalue weighted by Gasteiger charge is -2.32. The minimum absolute atomic E-state index is 0.155. The first kappa shape index (κ1) is 16.1. The third-order valence-corrected chi connectivity index (χ3v) is 4.05. The van der Waals surface area contributed by atoms with Gasteiger partial charge in [-0.3, -0.25) is 0 Å². The van der Waals surface area contributed by atoms with Crippen LogP contribution in [0.2, 0.25) is 0 Å². The minimum Gasteiger partial charge on any atom is -0.460 e. The monoisotopic (exact) mass is 323 g/mol. The molecule has 0 bridgehead atoms. The second kappa shape index (κ2) is 6.78. The lowest BCUT2D eigenvalue weighted by molar-refractivity contribution is -0.0618. The summed E-state index contributed by atoms with van der Waals surface area (Å²) in [5.41, 5.74) is -0.937. The summed E-state index contributed by atoms with van der Waals surface area (Å²) in [5.74, 6) is -0.605. The molecule has 2 heterocycles. The molecule has 124 valence electrons. The van der Waals surface area contributed by atoms with Crippen molar-refractivity contribution < 1.29 is 23.0 Å². The predicted octanol–water partition coefficient (Wildman–Crippen LogP) is 2.86. The van der Waals surface area contributed by atoms with E-state index in [1.807, 2.05) is 0 Å². The van der Waals surface area contributed by atoms with E-state index in [0.717, 1.165) is 0 Å². The number of benzene rings is 1. The molecule has 23 heavy (non-hydrogen) atoms. The summed E-state index contributed by atoms with van der Waals surface area (Å²) in [6.07, 6.45) is 1.17. The molecule has 1 aromatic heterocycles. The lowest BCUT2D eigenvalue weighted by atomic mass is 9.94. The van der Waals surface area contributed by atoms with Crippen LogP contribution in [-0.2, 0) is 11.3 Å². The molecule has 1 aliphatic rings. The van der Waals surface area contributed by atoms with Crippen LogP contribution in [0.3, 0.4) is 0 Å². The zero-order valence-electron chi connectivity index (χ0n) is 12.6. The van der Waals surface area contributed by atoms with Crippen LogP contribution in [0.5, 0.6) is 0 Å². The SMILES string of the molecule is OC1(CNCc2ccc(-c3c(F)cccc3F)o2)CCOCC1. The van der Waals surface area contributed by atoms with Crippen molar-refractivity contribution in [2.45, 2.75) is 25.0 Å². The number of furan rings is 1. The fourth-order valence-electron chi connectivity index (χ4n) is 2.69. The quantitative estimate of drug-likeness (QED) is 0.888. The van der Waals surface area contributed by atoms with E-state index in [1.54, 1.807) is 12.1 Å². The molecule has 0 atom stereocenters. The Balaban J connectivity index is 1.61. The normalized spacial score (nSPS) is 17.3. The van der Waals surface area contributed by atoms with Crippen molar-refractivity contribution in [3.05, 3.63) is 47.7 Å². The van der Waals surface area contributed by atoms with Gasteiger partial charge in [-0.25, -0.2) is 8.78 Å². The molecule has 2 N–H and O–H groups in total. The van der Waals surface area contributed by atoms with Crippen LogP contribution in [0.25, 0.3) is 11.3 Å². The lowest BCUT2D eigenvalue weighted by Crippen LogP contribution is -2.44. The molecule has 0 unspecified atom stereocenters. The van der Waals surface area contributed by atoms with Gasteiger partial charge in [0, 0.05) is 32.6 Å². The summed E-state index contributed by atoms with van der Waals surface area (Å²) in [4.78, 5) is 0. The highest BCUT2D eigenvalue weighted by Gasteiger charge is 2.29. The van der Waals surface area contributed by atoms with Crippen molar-refractivity contribution in [3.63, 3.8) is 0 Å². The van der Waals surface area contributed by atoms with E-state index >= 15 is 0 Å². The van der Waals surface area contributed by atoms with Crippen LogP contribution in [0.1, 0.15) is 18.6 Å². The van der Waals surface area contributed by atoms with E-state index in [0.29, 0.717) is 44.9 Å². The number of hydrogen-bond acceptors (Lipinski definition) is 4. The summed E-state index contributed by atoms with van der Waals surface area (Å²) in [6, 6.07) is 6.91. The number of nitrogens with one attached hydrogen (secondary N) is 1. The summed E-state index contributed by atoms with van der Waals surface area (Å²) < 4.78 is 38.2. The van der Waals surface area contributed by atoms with E-state index in [9.17, 15) is 13.9 Å². The van der Waals surface area contributed by atoms with Gasteiger partial charge >= 0.3 is 0 Å². The van der Waals surface area contributed by atoms with Crippen LogP contribution >= 0.6 is 0 Å². The third-order valence-electron chi connectivity index (χ3n) is 4.05. The van der Waals surface area contributed by atoms with Gasteiger partial charge in [-0.15, -0.1) is 0 Å². The Morgan fingerprint density at radius 1 is 1.09 bits per heavy atom. The number of rotatable bonds is 5. The summed E-state index contributed by atoms with van der Waals surface area (Å²) in [6.45, 7) is 1.89. The highest BCUT2D eigenvalue weighted by Crippen LogP contribution is 2.27. The number of hydrogen-bond donors (Lipinski definition) is 2. The van der Waals surface area contributed by atoms with Gasteiger partial charge in [0.2, 0.25) is 0 Å². The zero-order valence-corrected chi connectivity index (χ0v) is 12.6. The molecule has 3 rings (SSSR count).